The lowest BCUT2D eigenvalue weighted by Crippen LogP contribution is -2.17. The molecule has 0 aliphatic carbocycles. The van der Waals surface area contributed by atoms with Crippen molar-refractivity contribution in [2.45, 2.75) is 12.8 Å². The second-order valence-electron chi connectivity index (χ2n) is 3.22. The number of carbonyl (C=O) groups excluding carboxylic acids is 1. The summed E-state index contributed by atoms with van der Waals surface area (Å²) >= 11 is 1.51. The van der Waals surface area contributed by atoms with Crippen molar-refractivity contribution in [2.75, 3.05) is 23.7 Å². The SMILES string of the molecule is Nc1cc(C=O)c(N2CCCC2)s1. The highest BCUT2D eigenvalue weighted by Gasteiger charge is 2.17. The molecule has 0 unspecified atom stereocenters. The van der Waals surface area contributed by atoms with Gasteiger partial charge in [0.15, 0.2) is 6.29 Å². The van der Waals surface area contributed by atoms with E-state index in [1.807, 2.05) is 0 Å². The summed E-state index contributed by atoms with van der Waals surface area (Å²) in [6.45, 7) is 2.11. The molecule has 2 rings (SSSR count). The van der Waals surface area contributed by atoms with Gasteiger partial charge in [-0.3, -0.25) is 4.79 Å². The molecular weight excluding hydrogens is 184 g/mol. The third-order valence-electron chi connectivity index (χ3n) is 2.28. The van der Waals surface area contributed by atoms with Crippen LogP contribution in [0.3, 0.4) is 0 Å². The monoisotopic (exact) mass is 196 g/mol. The Hall–Kier alpha value is -1.03. The summed E-state index contributed by atoms with van der Waals surface area (Å²) in [4.78, 5) is 13.0. The van der Waals surface area contributed by atoms with Gasteiger partial charge in [0.1, 0.15) is 5.00 Å². The summed E-state index contributed by atoms with van der Waals surface area (Å²) in [6.07, 6.45) is 3.33. The number of rotatable bonds is 2. The first-order chi connectivity index (χ1) is 6.31. The topological polar surface area (TPSA) is 46.3 Å². The molecule has 1 fully saturated rings. The number of hydrogen-bond donors (Lipinski definition) is 1. The Bertz CT molecular complexity index is 315. The van der Waals surface area contributed by atoms with Crippen LogP contribution in [0.5, 0.6) is 0 Å². The van der Waals surface area contributed by atoms with Crippen LogP contribution in [0.4, 0.5) is 10.0 Å². The first-order valence-electron chi connectivity index (χ1n) is 4.40. The van der Waals surface area contributed by atoms with E-state index in [-0.39, 0.29) is 0 Å². The van der Waals surface area contributed by atoms with Crippen molar-refractivity contribution >= 4 is 27.6 Å². The number of carbonyl (C=O) groups is 1. The fourth-order valence-corrected chi connectivity index (χ4v) is 2.61. The predicted molar refractivity (Wildman–Crippen MR) is 55.6 cm³/mol. The first-order valence-corrected chi connectivity index (χ1v) is 5.22. The maximum atomic E-state index is 10.7. The largest absolute Gasteiger partial charge is 0.391 e. The Morgan fingerprint density at radius 3 is 2.77 bits per heavy atom. The van der Waals surface area contributed by atoms with E-state index < -0.39 is 0 Å². The van der Waals surface area contributed by atoms with Gasteiger partial charge in [0.05, 0.1) is 10.6 Å². The van der Waals surface area contributed by atoms with Crippen molar-refractivity contribution in [1.82, 2.24) is 0 Å². The fraction of sp³-hybridized carbons (Fsp3) is 0.444. The highest BCUT2D eigenvalue weighted by molar-refractivity contribution is 7.20. The molecule has 0 radical (unpaired) electrons. The maximum absolute atomic E-state index is 10.7. The minimum Gasteiger partial charge on any atom is -0.391 e. The lowest BCUT2D eigenvalue weighted by Gasteiger charge is -2.15. The van der Waals surface area contributed by atoms with Crippen LogP contribution in [-0.2, 0) is 0 Å². The van der Waals surface area contributed by atoms with Gasteiger partial charge in [0.2, 0.25) is 0 Å². The fourth-order valence-electron chi connectivity index (χ4n) is 1.67. The second-order valence-corrected chi connectivity index (χ2v) is 4.28. The van der Waals surface area contributed by atoms with E-state index in [1.54, 1.807) is 6.07 Å². The first kappa shape index (κ1) is 8.56. The van der Waals surface area contributed by atoms with Gasteiger partial charge in [-0.1, -0.05) is 0 Å². The lowest BCUT2D eigenvalue weighted by atomic mass is 10.3. The molecule has 0 spiro atoms. The number of nitrogens with zero attached hydrogens (tertiary/aromatic N) is 1. The molecule has 70 valence electrons. The van der Waals surface area contributed by atoms with Crippen molar-refractivity contribution in [3.05, 3.63) is 11.6 Å². The molecule has 1 aliphatic rings. The average molecular weight is 196 g/mol. The van der Waals surface area contributed by atoms with Crippen LogP contribution in [-0.4, -0.2) is 19.4 Å². The van der Waals surface area contributed by atoms with E-state index in [1.165, 1.54) is 24.2 Å². The zero-order chi connectivity index (χ0) is 9.26. The average Bonchev–Trinajstić information content (AvgIpc) is 2.71. The van der Waals surface area contributed by atoms with Gasteiger partial charge in [0, 0.05) is 13.1 Å². The van der Waals surface area contributed by atoms with E-state index in [4.69, 9.17) is 5.73 Å². The van der Waals surface area contributed by atoms with E-state index >= 15 is 0 Å². The third kappa shape index (κ3) is 1.54. The molecule has 4 heteroatoms. The second kappa shape index (κ2) is 3.38. The van der Waals surface area contributed by atoms with Gasteiger partial charge < -0.3 is 10.6 Å². The predicted octanol–water partition coefficient (Wildman–Crippen LogP) is 1.74. The Balaban J connectivity index is 2.31. The molecule has 3 nitrogen and oxygen atoms in total. The molecule has 1 aromatic heterocycles. The zero-order valence-electron chi connectivity index (χ0n) is 7.32. The van der Waals surface area contributed by atoms with Crippen molar-refractivity contribution < 1.29 is 4.79 Å². The molecule has 0 atom stereocenters. The molecule has 2 heterocycles. The smallest absolute Gasteiger partial charge is 0.153 e. The number of nitrogens with two attached hydrogens (primary N) is 1. The number of aldehydes is 1. The molecule has 1 aliphatic heterocycles. The van der Waals surface area contributed by atoms with Crippen LogP contribution in [0.2, 0.25) is 0 Å². The van der Waals surface area contributed by atoms with E-state index in [0.717, 1.165) is 34.9 Å². The van der Waals surface area contributed by atoms with Gasteiger partial charge in [0.25, 0.3) is 0 Å². The standard InChI is InChI=1S/C9H12N2OS/c10-8-5-7(6-12)9(13-8)11-3-1-2-4-11/h5-6H,1-4,10H2. The Kier molecular flexibility index (Phi) is 2.22. The maximum Gasteiger partial charge on any atom is 0.153 e. The number of hydrogen-bond acceptors (Lipinski definition) is 4. The Morgan fingerprint density at radius 2 is 2.15 bits per heavy atom. The molecule has 0 saturated carbocycles. The Labute approximate surface area is 81.2 Å². The number of anilines is 2. The molecule has 1 aromatic rings. The van der Waals surface area contributed by atoms with Crippen LogP contribution < -0.4 is 10.6 Å². The van der Waals surface area contributed by atoms with Crippen molar-refractivity contribution in [3.63, 3.8) is 0 Å². The van der Waals surface area contributed by atoms with Crippen LogP contribution in [0.1, 0.15) is 23.2 Å². The number of thiophene rings is 1. The van der Waals surface area contributed by atoms with Crippen molar-refractivity contribution in [2.24, 2.45) is 0 Å². The third-order valence-corrected chi connectivity index (χ3v) is 3.32. The molecule has 0 amide bonds. The van der Waals surface area contributed by atoms with E-state index in [0.29, 0.717) is 0 Å². The molecular formula is C9H12N2OS. The molecule has 13 heavy (non-hydrogen) atoms. The summed E-state index contributed by atoms with van der Waals surface area (Å²) in [7, 11) is 0. The molecule has 0 bridgehead atoms. The van der Waals surface area contributed by atoms with Crippen LogP contribution in [0, 0.1) is 0 Å². The van der Waals surface area contributed by atoms with Gasteiger partial charge in [-0.05, 0) is 18.9 Å². The van der Waals surface area contributed by atoms with Gasteiger partial charge in [-0.2, -0.15) is 0 Å². The summed E-state index contributed by atoms with van der Waals surface area (Å²) in [5, 5.41) is 1.77. The summed E-state index contributed by atoms with van der Waals surface area (Å²) < 4.78 is 0. The van der Waals surface area contributed by atoms with Gasteiger partial charge in [-0.25, -0.2) is 0 Å². The van der Waals surface area contributed by atoms with Crippen LogP contribution >= 0.6 is 11.3 Å². The zero-order valence-corrected chi connectivity index (χ0v) is 8.14. The highest BCUT2D eigenvalue weighted by atomic mass is 32.1. The summed E-state index contributed by atoms with van der Waals surface area (Å²) in [5.41, 5.74) is 6.40. The molecule has 0 aromatic carbocycles. The van der Waals surface area contributed by atoms with Crippen molar-refractivity contribution in [1.29, 1.82) is 0 Å². The van der Waals surface area contributed by atoms with E-state index in [2.05, 4.69) is 4.90 Å². The molecule has 1 saturated heterocycles. The molecule has 2 N–H and O–H groups in total. The summed E-state index contributed by atoms with van der Waals surface area (Å²) in [5.74, 6) is 0. The van der Waals surface area contributed by atoms with Gasteiger partial charge in [-0.15, -0.1) is 11.3 Å². The number of nitrogen functional groups attached to an aromatic ring is 1. The van der Waals surface area contributed by atoms with E-state index in [9.17, 15) is 4.79 Å². The summed E-state index contributed by atoms with van der Waals surface area (Å²) in [6, 6.07) is 1.76. The minimum absolute atomic E-state index is 0.726. The van der Waals surface area contributed by atoms with Crippen molar-refractivity contribution in [3.8, 4) is 0 Å². The minimum atomic E-state index is 0.726. The Morgan fingerprint density at radius 1 is 1.46 bits per heavy atom. The quantitative estimate of drug-likeness (QED) is 0.733. The highest BCUT2D eigenvalue weighted by Crippen LogP contribution is 2.34. The lowest BCUT2D eigenvalue weighted by molar-refractivity contribution is 0.112. The van der Waals surface area contributed by atoms with Gasteiger partial charge >= 0.3 is 0 Å². The normalized spacial score (nSPS) is 16.5. The van der Waals surface area contributed by atoms with Crippen LogP contribution in [0.25, 0.3) is 0 Å². The van der Waals surface area contributed by atoms with Crippen LogP contribution in [0.15, 0.2) is 6.07 Å².